The Bertz CT molecular complexity index is 721. The van der Waals surface area contributed by atoms with Crippen LogP contribution in [0.5, 0.6) is 0 Å². The second kappa shape index (κ2) is 6.76. The third-order valence-corrected chi connectivity index (χ3v) is 5.04. The predicted molar refractivity (Wildman–Crippen MR) is 93.0 cm³/mol. The highest BCUT2D eigenvalue weighted by Crippen LogP contribution is 2.23. The highest BCUT2D eigenvalue weighted by atomic mass is 32.1. The SMILES string of the molecule is CC(C)c1nnc(NCc2cc3n(n2)CCN(C(=O)N(C)C)C3)s1. The van der Waals surface area contributed by atoms with E-state index < -0.39 is 0 Å². The molecule has 2 amide bonds. The molecule has 130 valence electrons. The third-order valence-electron chi connectivity index (χ3n) is 3.86. The van der Waals surface area contributed by atoms with E-state index in [1.807, 2.05) is 15.6 Å². The van der Waals surface area contributed by atoms with Crippen molar-refractivity contribution in [3.63, 3.8) is 0 Å². The van der Waals surface area contributed by atoms with Gasteiger partial charge in [0, 0.05) is 26.6 Å². The maximum atomic E-state index is 12.1. The first-order valence-corrected chi connectivity index (χ1v) is 8.85. The number of hydrogen-bond donors (Lipinski definition) is 1. The van der Waals surface area contributed by atoms with Crippen LogP contribution in [0.1, 0.15) is 36.2 Å². The summed E-state index contributed by atoms with van der Waals surface area (Å²) in [7, 11) is 3.55. The average molecular weight is 349 g/mol. The smallest absolute Gasteiger partial charge is 0.319 e. The molecule has 0 bridgehead atoms. The minimum Gasteiger partial charge on any atom is -0.354 e. The van der Waals surface area contributed by atoms with E-state index in [-0.39, 0.29) is 6.03 Å². The Balaban J connectivity index is 1.62. The van der Waals surface area contributed by atoms with Gasteiger partial charge < -0.3 is 15.1 Å². The number of urea groups is 1. The van der Waals surface area contributed by atoms with Crippen LogP contribution in [0.3, 0.4) is 0 Å². The molecule has 8 nitrogen and oxygen atoms in total. The van der Waals surface area contributed by atoms with Gasteiger partial charge in [0.25, 0.3) is 0 Å². The first-order chi connectivity index (χ1) is 11.4. The van der Waals surface area contributed by atoms with Gasteiger partial charge in [0.2, 0.25) is 5.13 Å². The van der Waals surface area contributed by atoms with Gasteiger partial charge in [-0.25, -0.2) is 4.79 Å². The fourth-order valence-electron chi connectivity index (χ4n) is 2.56. The van der Waals surface area contributed by atoms with Crippen LogP contribution in [-0.4, -0.2) is 56.4 Å². The minimum atomic E-state index is 0.0391. The molecule has 0 spiro atoms. The zero-order valence-electron chi connectivity index (χ0n) is 14.5. The second-order valence-electron chi connectivity index (χ2n) is 6.40. The minimum absolute atomic E-state index is 0.0391. The third kappa shape index (κ3) is 3.50. The van der Waals surface area contributed by atoms with Crippen molar-refractivity contribution in [3.8, 4) is 0 Å². The number of anilines is 1. The molecule has 0 aromatic carbocycles. The molecule has 3 rings (SSSR count). The molecule has 0 radical (unpaired) electrons. The first-order valence-electron chi connectivity index (χ1n) is 8.03. The lowest BCUT2D eigenvalue weighted by molar-refractivity contribution is 0.155. The highest BCUT2D eigenvalue weighted by Gasteiger charge is 2.23. The molecule has 0 aliphatic carbocycles. The van der Waals surface area contributed by atoms with Gasteiger partial charge in [-0.2, -0.15) is 5.10 Å². The van der Waals surface area contributed by atoms with E-state index in [9.17, 15) is 4.79 Å². The molecule has 1 aliphatic rings. The largest absolute Gasteiger partial charge is 0.354 e. The fraction of sp³-hybridized carbons (Fsp3) is 0.600. The quantitative estimate of drug-likeness (QED) is 0.913. The van der Waals surface area contributed by atoms with Gasteiger partial charge in [0.15, 0.2) is 0 Å². The van der Waals surface area contributed by atoms with Gasteiger partial charge in [-0.15, -0.1) is 10.2 Å². The van der Waals surface area contributed by atoms with Gasteiger partial charge in [0.1, 0.15) is 5.01 Å². The lowest BCUT2D eigenvalue weighted by Gasteiger charge is -2.29. The molecule has 1 N–H and O–H groups in total. The van der Waals surface area contributed by atoms with Crippen LogP contribution in [0.15, 0.2) is 6.07 Å². The topological polar surface area (TPSA) is 79.2 Å². The van der Waals surface area contributed by atoms with E-state index in [2.05, 4.69) is 34.5 Å². The summed E-state index contributed by atoms with van der Waals surface area (Å²) < 4.78 is 1.98. The summed E-state index contributed by atoms with van der Waals surface area (Å²) in [6.07, 6.45) is 0. The Kier molecular flexibility index (Phi) is 4.70. The van der Waals surface area contributed by atoms with E-state index in [0.29, 0.717) is 25.6 Å². The molecule has 0 fully saturated rings. The number of carbonyl (C=O) groups is 1. The molecule has 2 aromatic heterocycles. The molecule has 0 saturated heterocycles. The summed E-state index contributed by atoms with van der Waals surface area (Å²) in [5, 5.41) is 18.0. The molecule has 0 saturated carbocycles. The first kappa shape index (κ1) is 16.7. The van der Waals surface area contributed by atoms with Crippen LogP contribution in [0.4, 0.5) is 9.93 Å². The number of rotatable bonds is 4. The molecular formula is C15H23N7OS. The van der Waals surface area contributed by atoms with Crippen molar-refractivity contribution in [1.29, 1.82) is 0 Å². The summed E-state index contributed by atoms with van der Waals surface area (Å²) in [5.41, 5.74) is 2.01. The summed E-state index contributed by atoms with van der Waals surface area (Å²) in [4.78, 5) is 15.5. The summed E-state index contributed by atoms with van der Waals surface area (Å²) in [5.74, 6) is 0.387. The van der Waals surface area contributed by atoms with Crippen molar-refractivity contribution in [2.75, 3.05) is 26.0 Å². The second-order valence-corrected chi connectivity index (χ2v) is 7.41. The zero-order chi connectivity index (χ0) is 17.3. The highest BCUT2D eigenvalue weighted by molar-refractivity contribution is 7.15. The van der Waals surface area contributed by atoms with E-state index in [0.717, 1.165) is 28.1 Å². The van der Waals surface area contributed by atoms with Crippen LogP contribution in [-0.2, 0) is 19.6 Å². The number of carbonyl (C=O) groups excluding carboxylic acids is 1. The van der Waals surface area contributed by atoms with E-state index >= 15 is 0 Å². The predicted octanol–water partition coefficient (Wildman–Crippen LogP) is 1.97. The number of fused-ring (bicyclic) bond motifs is 1. The van der Waals surface area contributed by atoms with Crippen LogP contribution in [0.25, 0.3) is 0 Å². The number of aromatic nitrogens is 4. The number of hydrogen-bond acceptors (Lipinski definition) is 6. The summed E-state index contributed by atoms with van der Waals surface area (Å²) in [6, 6.07) is 2.09. The standard InChI is InChI=1S/C15H23N7OS/c1-10(2)13-17-18-14(24-13)16-8-11-7-12-9-21(15(23)20(3)4)5-6-22(12)19-11/h7,10H,5-6,8-9H2,1-4H3,(H,16,18). The van der Waals surface area contributed by atoms with E-state index in [1.54, 1.807) is 30.3 Å². The van der Waals surface area contributed by atoms with E-state index in [4.69, 9.17) is 0 Å². The Morgan fingerprint density at radius 3 is 2.83 bits per heavy atom. The number of nitrogens with one attached hydrogen (secondary N) is 1. The van der Waals surface area contributed by atoms with Gasteiger partial charge in [0.05, 0.1) is 31.0 Å². The molecule has 0 unspecified atom stereocenters. The Hall–Kier alpha value is -2.16. The molecule has 24 heavy (non-hydrogen) atoms. The van der Waals surface area contributed by atoms with Gasteiger partial charge in [-0.05, 0) is 6.07 Å². The van der Waals surface area contributed by atoms with Crippen molar-refractivity contribution in [2.24, 2.45) is 0 Å². The fourth-order valence-corrected chi connectivity index (χ4v) is 3.31. The maximum Gasteiger partial charge on any atom is 0.319 e. The molecule has 9 heteroatoms. The molecule has 0 atom stereocenters. The van der Waals surface area contributed by atoms with Gasteiger partial charge in [-0.1, -0.05) is 25.2 Å². The lowest BCUT2D eigenvalue weighted by Crippen LogP contribution is -2.43. The lowest BCUT2D eigenvalue weighted by atomic mass is 10.2. The molecule has 3 heterocycles. The Morgan fingerprint density at radius 1 is 1.38 bits per heavy atom. The van der Waals surface area contributed by atoms with Crippen molar-refractivity contribution >= 4 is 22.5 Å². The van der Waals surface area contributed by atoms with Crippen molar-refractivity contribution < 1.29 is 4.79 Å². The van der Waals surface area contributed by atoms with Crippen LogP contribution in [0.2, 0.25) is 0 Å². The molecule has 1 aliphatic heterocycles. The van der Waals surface area contributed by atoms with Crippen molar-refractivity contribution in [3.05, 3.63) is 22.5 Å². The van der Waals surface area contributed by atoms with Crippen molar-refractivity contribution in [2.45, 2.75) is 39.4 Å². The van der Waals surface area contributed by atoms with Crippen molar-refractivity contribution in [1.82, 2.24) is 29.8 Å². The Labute approximate surface area is 145 Å². The van der Waals surface area contributed by atoms with E-state index in [1.165, 1.54) is 0 Å². The van der Waals surface area contributed by atoms with Gasteiger partial charge >= 0.3 is 6.03 Å². The Morgan fingerprint density at radius 2 is 2.17 bits per heavy atom. The van der Waals surface area contributed by atoms with Crippen LogP contribution >= 0.6 is 11.3 Å². The zero-order valence-corrected chi connectivity index (χ0v) is 15.3. The average Bonchev–Trinajstić information content (AvgIpc) is 3.17. The maximum absolute atomic E-state index is 12.1. The molecular weight excluding hydrogens is 326 g/mol. The number of nitrogens with zero attached hydrogens (tertiary/aromatic N) is 6. The normalized spacial score (nSPS) is 14.0. The monoisotopic (exact) mass is 349 g/mol. The van der Waals surface area contributed by atoms with Crippen LogP contribution < -0.4 is 5.32 Å². The van der Waals surface area contributed by atoms with Gasteiger partial charge in [-0.3, -0.25) is 4.68 Å². The molecule has 2 aromatic rings. The number of amides is 2. The summed E-state index contributed by atoms with van der Waals surface area (Å²) >= 11 is 1.58. The summed E-state index contributed by atoms with van der Waals surface area (Å²) in [6.45, 7) is 6.83. The van der Waals surface area contributed by atoms with Crippen LogP contribution in [0, 0.1) is 0 Å².